The standard InChI is InChI=1S/C33H38N4O2/c1-23-7-5-8-24(2)36(23)16-6-18-38-29-14-13-26-20-28(12-11-27(26)21-29)33-30-19-25(22-34)10-15-31(30)37(35-33)32-9-3-4-17-39-32/h10-15,19-21,23-24,32H,3-9,16-18H2,1-2H3/t23-,24+,32?. The fourth-order valence-electron chi connectivity index (χ4n) is 6.37. The minimum Gasteiger partial charge on any atom is -0.494 e. The molecule has 3 heterocycles. The number of aromatic nitrogens is 2. The molecule has 0 bridgehead atoms. The van der Waals surface area contributed by atoms with Crippen LogP contribution in [0.25, 0.3) is 32.9 Å². The second kappa shape index (κ2) is 11.4. The number of likely N-dealkylation sites (tertiary alicyclic amines) is 1. The van der Waals surface area contributed by atoms with Gasteiger partial charge in [0.15, 0.2) is 6.23 Å². The van der Waals surface area contributed by atoms with Gasteiger partial charge >= 0.3 is 0 Å². The summed E-state index contributed by atoms with van der Waals surface area (Å²) in [6, 6.07) is 22.2. The van der Waals surface area contributed by atoms with Gasteiger partial charge in [-0.1, -0.05) is 24.6 Å². The number of rotatable bonds is 7. The molecule has 0 N–H and O–H groups in total. The van der Waals surface area contributed by atoms with E-state index in [1.54, 1.807) is 0 Å². The smallest absolute Gasteiger partial charge is 0.150 e. The van der Waals surface area contributed by atoms with Crippen LogP contribution in [0.4, 0.5) is 0 Å². The van der Waals surface area contributed by atoms with Crippen molar-refractivity contribution in [2.75, 3.05) is 19.8 Å². The van der Waals surface area contributed by atoms with E-state index >= 15 is 0 Å². The van der Waals surface area contributed by atoms with Crippen LogP contribution in [0.5, 0.6) is 5.75 Å². The first-order chi connectivity index (χ1) is 19.1. The molecule has 2 aliphatic heterocycles. The third-order valence-corrected chi connectivity index (χ3v) is 8.55. The van der Waals surface area contributed by atoms with Crippen molar-refractivity contribution in [3.63, 3.8) is 0 Å². The third kappa shape index (κ3) is 5.39. The van der Waals surface area contributed by atoms with Crippen molar-refractivity contribution in [2.45, 2.75) is 77.1 Å². The molecule has 3 atom stereocenters. The number of fused-ring (bicyclic) bond motifs is 2. The average Bonchev–Trinajstić information content (AvgIpc) is 3.35. The predicted octanol–water partition coefficient (Wildman–Crippen LogP) is 7.46. The molecule has 6 nitrogen and oxygen atoms in total. The predicted molar refractivity (Wildman–Crippen MR) is 156 cm³/mol. The molecule has 0 spiro atoms. The van der Waals surface area contributed by atoms with Gasteiger partial charge < -0.3 is 9.47 Å². The summed E-state index contributed by atoms with van der Waals surface area (Å²) in [4.78, 5) is 2.64. The van der Waals surface area contributed by atoms with E-state index in [1.807, 2.05) is 22.9 Å². The molecule has 202 valence electrons. The van der Waals surface area contributed by atoms with Crippen molar-refractivity contribution >= 4 is 21.7 Å². The van der Waals surface area contributed by atoms with Crippen LogP contribution in [0.2, 0.25) is 0 Å². The molecule has 0 saturated carbocycles. The summed E-state index contributed by atoms with van der Waals surface area (Å²) in [6.45, 7) is 7.29. The molecule has 2 fully saturated rings. The van der Waals surface area contributed by atoms with Gasteiger partial charge in [-0.3, -0.25) is 4.90 Å². The topological polar surface area (TPSA) is 63.3 Å². The van der Waals surface area contributed by atoms with Gasteiger partial charge in [0.1, 0.15) is 11.4 Å². The zero-order valence-corrected chi connectivity index (χ0v) is 23.1. The Morgan fingerprint density at radius 1 is 0.949 bits per heavy atom. The van der Waals surface area contributed by atoms with Crippen LogP contribution in [-0.4, -0.2) is 46.5 Å². The summed E-state index contributed by atoms with van der Waals surface area (Å²) in [6.07, 6.45) is 8.11. The summed E-state index contributed by atoms with van der Waals surface area (Å²) >= 11 is 0. The van der Waals surface area contributed by atoms with Gasteiger partial charge in [0.2, 0.25) is 0 Å². The zero-order valence-electron chi connectivity index (χ0n) is 23.1. The first kappa shape index (κ1) is 25.9. The van der Waals surface area contributed by atoms with Crippen molar-refractivity contribution < 1.29 is 9.47 Å². The molecule has 4 aromatic rings. The highest BCUT2D eigenvalue weighted by Gasteiger charge is 2.24. The number of ether oxygens (including phenoxy) is 2. The van der Waals surface area contributed by atoms with E-state index in [0.717, 1.165) is 84.1 Å². The van der Waals surface area contributed by atoms with Crippen molar-refractivity contribution in [2.24, 2.45) is 0 Å². The highest BCUT2D eigenvalue weighted by atomic mass is 16.5. The molecule has 6 heteroatoms. The lowest BCUT2D eigenvalue weighted by Gasteiger charge is -2.39. The monoisotopic (exact) mass is 522 g/mol. The van der Waals surface area contributed by atoms with E-state index < -0.39 is 0 Å². The van der Waals surface area contributed by atoms with Crippen molar-refractivity contribution in [1.82, 2.24) is 14.7 Å². The Labute approximate surface area is 231 Å². The maximum absolute atomic E-state index is 9.53. The zero-order chi connectivity index (χ0) is 26.8. The van der Waals surface area contributed by atoms with Gasteiger partial charge in [0.05, 0.1) is 23.8 Å². The fraction of sp³-hybridized carbons (Fsp3) is 0.455. The van der Waals surface area contributed by atoms with E-state index in [2.05, 4.69) is 61.2 Å². The largest absolute Gasteiger partial charge is 0.494 e. The number of piperidine rings is 1. The van der Waals surface area contributed by atoms with E-state index in [-0.39, 0.29) is 6.23 Å². The molecule has 6 rings (SSSR count). The number of hydrogen-bond donors (Lipinski definition) is 0. The van der Waals surface area contributed by atoms with E-state index in [1.165, 1.54) is 19.3 Å². The second-order valence-corrected chi connectivity index (χ2v) is 11.3. The lowest BCUT2D eigenvalue weighted by Crippen LogP contribution is -2.44. The van der Waals surface area contributed by atoms with Gasteiger partial charge in [0, 0.05) is 36.2 Å². The van der Waals surface area contributed by atoms with Crippen LogP contribution >= 0.6 is 0 Å². The minimum absolute atomic E-state index is 0.0653. The third-order valence-electron chi connectivity index (χ3n) is 8.55. The fourth-order valence-corrected chi connectivity index (χ4v) is 6.37. The molecule has 39 heavy (non-hydrogen) atoms. The van der Waals surface area contributed by atoms with Crippen LogP contribution < -0.4 is 4.74 Å². The molecule has 0 aliphatic carbocycles. The molecule has 0 radical (unpaired) electrons. The maximum atomic E-state index is 9.53. The van der Waals surface area contributed by atoms with Crippen LogP contribution in [0, 0.1) is 11.3 Å². The van der Waals surface area contributed by atoms with Gasteiger partial charge in [-0.15, -0.1) is 0 Å². The number of hydrogen-bond acceptors (Lipinski definition) is 5. The SMILES string of the molecule is C[C@@H]1CCC[C@H](C)N1CCCOc1ccc2cc(-c3nn(C4CCCCO4)c4ccc(C#N)cc34)ccc2c1. The van der Waals surface area contributed by atoms with Crippen LogP contribution in [0.15, 0.2) is 54.6 Å². The van der Waals surface area contributed by atoms with E-state index in [0.29, 0.717) is 17.6 Å². The van der Waals surface area contributed by atoms with Crippen LogP contribution in [0.1, 0.15) is 70.6 Å². The lowest BCUT2D eigenvalue weighted by molar-refractivity contribution is -0.0365. The Morgan fingerprint density at radius 2 is 1.77 bits per heavy atom. The van der Waals surface area contributed by atoms with Gasteiger partial charge in [-0.25, -0.2) is 4.68 Å². The molecule has 1 unspecified atom stereocenters. The van der Waals surface area contributed by atoms with Gasteiger partial charge in [-0.05, 0) is 99.5 Å². The molecule has 2 aliphatic rings. The summed E-state index contributed by atoms with van der Waals surface area (Å²) in [5.41, 5.74) is 3.57. The molecular formula is C33H38N4O2. The summed E-state index contributed by atoms with van der Waals surface area (Å²) in [5.74, 6) is 0.915. The quantitative estimate of drug-likeness (QED) is 0.236. The number of nitrogens with zero attached hydrogens (tertiary/aromatic N) is 4. The average molecular weight is 523 g/mol. The normalized spacial score (nSPS) is 22.2. The van der Waals surface area contributed by atoms with Crippen molar-refractivity contribution in [3.8, 4) is 23.1 Å². The van der Waals surface area contributed by atoms with Crippen molar-refractivity contribution in [3.05, 3.63) is 60.2 Å². The van der Waals surface area contributed by atoms with Gasteiger partial charge in [0.25, 0.3) is 0 Å². The second-order valence-electron chi connectivity index (χ2n) is 11.3. The molecule has 3 aromatic carbocycles. The van der Waals surface area contributed by atoms with Gasteiger partial charge in [-0.2, -0.15) is 10.4 Å². The Balaban J connectivity index is 1.21. The minimum atomic E-state index is -0.0653. The summed E-state index contributed by atoms with van der Waals surface area (Å²) < 4.78 is 14.2. The Morgan fingerprint density at radius 3 is 2.56 bits per heavy atom. The molecule has 1 aromatic heterocycles. The highest BCUT2D eigenvalue weighted by molar-refractivity contribution is 5.97. The van der Waals surface area contributed by atoms with Crippen LogP contribution in [0.3, 0.4) is 0 Å². The first-order valence-electron chi connectivity index (χ1n) is 14.6. The molecule has 0 amide bonds. The van der Waals surface area contributed by atoms with Crippen LogP contribution in [-0.2, 0) is 4.74 Å². The Hall–Kier alpha value is -3.40. The highest BCUT2D eigenvalue weighted by Crippen LogP contribution is 2.35. The first-order valence-corrected chi connectivity index (χ1v) is 14.6. The summed E-state index contributed by atoms with van der Waals surface area (Å²) in [7, 11) is 0. The van der Waals surface area contributed by atoms with E-state index in [9.17, 15) is 5.26 Å². The Kier molecular flexibility index (Phi) is 7.54. The lowest BCUT2D eigenvalue weighted by atomic mass is 9.97. The molecular weight excluding hydrogens is 484 g/mol. The molecule has 2 saturated heterocycles. The number of nitriles is 1. The van der Waals surface area contributed by atoms with Crippen molar-refractivity contribution in [1.29, 1.82) is 5.26 Å². The Bertz CT molecular complexity index is 1490. The number of benzene rings is 3. The maximum Gasteiger partial charge on any atom is 0.150 e. The summed E-state index contributed by atoms with van der Waals surface area (Å²) in [5, 5.41) is 17.8. The van der Waals surface area contributed by atoms with E-state index in [4.69, 9.17) is 14.6 Å².